The van der Waals surface area contributed by atoms with Gasteiger partial charge in [0, 0.05) is 5.75 Å². The predicted octanol–water partition coefficient (Wildman–Crippen LogP) is 2.49. The molecule has 1 unspecified atom stereocenters. The lowest BCUT2D eigenvalue weighted by Gasteiger charge is -2.10. The fraction of sp³-hybridized carbons (Fsp3) is 1.00. The smallest absolute Gasteiger partial charge is 0.319 e. The van der Waals surface area contributed by atoms with Gasteiger partial charge in [-0.1, -0.05) is 18.7 Å². The average molecular weight is 201 g/mol. The third kappa shape index (κ3) is 8.20. The average Bonchev–Trinajstić information content (AvgIpc) is 1.84. The zero-order valence-corrected chi connectivity index (χ0v) is 8.06. The van der Waals surface area contributed by atoms with Crippen molar-refractivity contribution in [1.29, 1.82) is 0 Å². The van der Waals surface area contributed by atoms with E-state index in [0.29, 0.717) is 12.3 Å². The molecule has 1 atom stereocenters. The number of halogens is 3. The van der Waals surface area contributed by atoms with Crippen LogP contribution in [0.5, 0.6) is 0 Å². The standard InChI is InChI=1S/C7H14F3NS/c1-6(5-11-2)3-4-12-7(8,9)10/h6,11H,3-5H2,1-2H3. The number of hydrogen-bond donors (Lipinski definition) is 1. The molecule has 1 N–H and O–H groups in total. The highest BCUT2D eigenvalue weighted by Crippen LogP contribution is 2.31. The first kappa shape index (κ1) is 12.1. The van der Waals surface area contributed by atoms with Crippen molar-refractivity contribution in [1.82, 2.24) is 5.32 Å². The van der Waals surface area contributed by atoms with Crippen LogP contribution in [0.4, 0.5) is 13.2 Å². The zero-order valence-electron chi connectivity index (χ0n) is 7.24. The monoisotopic (exact) mass is 201 g/mol. The molecule has 0 fully saturated rings. The molecule has 0 aromatic carbocycles. The molecular formula is C7H14F3NS. The van der Waals surface area contributed by atoms with Crippen LogP contribution in [0, 0.1) is 5.92 Å². The second kappa shape index (κ2) is 5.70. The summed E-state index contributed by atoms with van der Waals surface area (Å²) < 4.78 is 34.9. The SMILES string of the molecule is CNCC(C)CCSC(F)(F)F. The van der Waals surface area contributed by atoms with Crippen LogP contribution in [-0.2, 0) is 0 Å². The molecule has 0 aliphatic rings. The van der Waals surface area contributed by atoms with Crippen LogP contribution in [0.2, 0.25) is 0 Å². The Hall–Kier alpha value is 0.100. The Morgan fingerprint density at radius 1 is 1.42 bits per heavy atom. The lowest BCUT2D eigenvalue weighted by atomic mass is 10.1. The fourth-order valence-corrected chi connectivity index (χ4v) is 1.58. The Morgan fingerprint density at radius 3 is 2.42 bits per heavy atom. The molecule has 0 radical (unpaired) electrons. The topological polar surface area (TPSA) is 12.0 Å². The normalized spacial score (nSPS) is 14.8. The second-order valence-corrected chi connectivity index (χ2v) is 3.91. The van der Waals surface area contributed by atoms with Crippen LogP contribution in [0.25, 0.3) is 0 Å². The first-order valence-corrected chi connectivity index (χ1v) is 4.79. The van der Waals surface area contributed by atoms with E-state index in [2.05, 4.69) is 5.32 Å². The quantitative estimate of drug-likeness (QED) is 0.733. The van der Waals surface area contributed by atoms with Gasteiger partial charge >= 0.3 is 5.51 Å². The minimum Gasteiger partial charge on any atom is -0.319 e. The van der Waals surface area contributed by atoms with Gasteiger partial charge < -0.3 is 5.32 Å². The third-order valence-electron chi connectivity index (χ3n) is 1.43. The summed E-state index contributed by atoms with van der Waals surface area (Å²) in [6.07, 6.45) is 0.602. The van der Waals surface area contributed by atoms with Crippen molar-refractivity contribution in [3.8, 4) is 0 Å². The maximum atomic E-state index is 11.6. The van der Waals surface area contributed by atoms with Crippen LogP contribution in [-0.4, -0.2) is 24.9 Å². The van der Waals surface area contributed by atoms with Crippen molar-refractivity contribution >= 4 is 11.8 Å². The summed E-state index contributed by atoms with van der Waals surface area (Å²) >= 11 is 0.0600. The largest absolute Gasteiger partial charge is 0.441 e. The fourth-order valence-electron chi connectivity index (χ4n) is 0.826. The lowest BCUT2D eigenvalue weighted by molar-refractivity contribution is -0.0328. The first-order chi connectivity index (χ1) is 5.45. The molecular weight excluding hydrogens is 187 g/mol. The molecule has 0 aromatic heterocycles. The predicted molar refractivity (Wildman–Crippen MR) is 46.2 cm³/mol. The molecule has 0 heterocycles. The summed E-state index contributed by atoms with van der Waals surface area (Å²) in [5, 5.41) is 2.92. The highest BCUT2D eigenvalue weighted by molar-refractivity contribution is 8.00. The van der Waals surface area contributed by atoms with Crippen molar-refractivity contribution < 1.29 is 13.2 Å². The van der Waals surface area contributed by atoms with Crippen LogP contribution in [0.15, 0.2) is 0 Å². The van der Waals surface area contributed by atoms with E-state index in [-0.39, 0.29) is 17.5 Å². The summed E-state index contributed by atoms with van der Waals surface area (Å²) in [5.74, 6) is 0.469. The number of alkyl halides is 3. The molecule has 0 aliphatic heterocycles. The van der Waals surface area contributed by atoms with E-state index >= 15 is 0 Å². The van der Waals surface area contributed by atoms with Gasteiger partial charge in [0.1, 0.15) is 0 Å². The van der Waals surface area contributed by atoms with Crippen molar-refractivity contribution in [3.63, 3.8) is 0 Å². The summed E-state index contributed by atoms with van der Waals surface area (Å²) in [6, 6.07) is 0. The number of thioether (sulfide) groups is 1. The first-order valence-electron chi connectivity index (χ1n) is 3.81. The molecule has 0 aromatic rings. The van der Waals surface area contributed by atoms with Gasteiger partial charge in [-0.05, 0) is 25.9 Å². The van der Waals surface area contributed by atoms with Gasteiger partial charge in [0.15, 0.2) is 0 Å². The number of nitrogens with one attached hydrogen (secondary N) is 1. The zero-order chi connectivity index (χ0) is 9.61. The number of hydrogen-bond acceptors (Lipinski definition) is 2. The summed E-state index contributed by atoms with van der Waals surface area (Å²) in [6.45, 7) is 2.71. The molecule has 1 nitrogen and oxygen atoms in total. The Bertz CT molecular complexity index is 116. The maximum absolute atomic E-state index is 11.6. The lowest BCUT2D eigenvalue weighted by Crippen LogP contribution is -2.17. The molecule has 0 rings (SSSR count). The molecule has 0 amide bonds. The van der Waals surface area contributed by atoms with E-state index in [0.717, 1.165) is 6.54 Å². The van der Waals surface area contributed by atoms with Gasteiger partial charge in [0.2, 0.25) is 0 Å². The van der Waals surface area contributed by atoms with E-state index in [1.54, 1.807) is 7.05 Å². The maximum Gasteiger partial charge on any atom is 0.441 e. The summed E-state index contributed by atoms with van der Waals surface area (Å²) in [4.78, 5) is 0. The molecule has 0 bridgehead atoms. The van der Waals surface area contributed by atoms with Gasteiger partial charge in [-0.25, -0.2) is 0 Å². The molecule has 0 saturated carbocycles. The molecule has 5 heteroatoms. The molecule has 0 aliphatic carbocycles. The molecule has 0 saturated heterocycles. The Kier molecular flexibility index (Phi) is 5.74. The minimum atomic E-state index is -4.07. The molecule has 74 valence electrons. The molecule has 0 spiro atoms. The third-order valence-corrected chi connectivity index (χ3v) is 2.20. The van der Waals surface area contributed by atoms with Crippen molar-refractivity contribution in [2.75, 3.05) is 19.3 Å². The highest BCUT2D eigenvalue weighted by atomic mass is 32.2. The second-order valence-electron chi connectivity index (χ2n) is 2.75. The van der Waals surface area contributed by atoms with E-state index < -0.39 is 5.51 Å². The Labute approximate surface area is 75.1 Å². The van der Waals surface area contributed by atoms with Crippen molar-refractivity contribution in [2.24, 2.45) is 5.92 Å². The summed E-state index contributed by atoms with van der Waals surface area (Å²) in [7, 11) is 1.80. The van der Waals surface area contributed by atoms with E-state index in [9.17, 15) is 13.2 Å². The minimum absolute atomic E-state index is 0.0600. The van der Waals surface area contributed by atoms with Crippen LogP contribution >= 0.6 is 11.8 Å². The van der Waals surface area contributed by atoms with Crippen LogP contribution in [0.1, 0.15) is 13.3 Å². The molecule has 12 heavy (non-hydrogen) atoms. The van der Waals surface area contributed by atoms with Gasteiger partial charge in [-0.15, -0.1) is 0 Å². The van der Waals surface area contributed by atoms with Crippen LogP contribution < -0.4 is 5.32 Å². The van der Waals surface area contributed by atoms with E-state index in [1.807, 2.05) is 6.92 Å². The van der Waals surface area contributed by atoms with E-state index in [1.165, 1.54) is 0 Å². The van der Waals surface area contributed by atoms with Crippen molar-refractivity contribution in [2.45, 2.75) is 18.9 Å². The highest BCUT2D eigenvalue weighted by Gasteiger charge is 2.27. The van der Waals surface area contributed by atoms with Gasteiger partial charge in [0.05, 0.1) is 0 Å². The Balaban J connectivity index is 3.31. The van der Waals surface area contributed by atoms with Crippen LogP contribution in [0.3, 0.4) is 0 Å². The van der Waals surface area contributed by atoms with E-state index in [4.69, 9.17) is 0 Å². The van der Waals surface area contributed by atoms with Crippen molar-refractivity contribution in [3.05, 3.63) is 0 Å². The summed E-state index contributed by atoms with van der Waals surface area (Å²) in [5.41, 5.74) is -4.07. The van der Waals surface area contributed by atoms with Gasteiger partial charge in [-0.2, -0.15) is 13.2 Å². The Morgan fingerprint density at radius 2 is 2.00 bits per heavy atom. The number of rotatable bonds is 5. The van der Waals surface area contributed by atoms with Gasteiger partial charge in [0.25, 0.3) is 0 Å². The van der Waals surface area contributed by atoms with Gasteiger partial charge in [-0.3, -0.25) is 0 Å².